The van der Waals surface area contributed by atoms with E-state index in [4.69, 9.17) is 4.74 Å². The molecule has 0 bridgehead atoms. The molecule has 1 fully saturated rings. The number of carbonyl (C=O) groups is 1. The molecule has 1 aliphatic rings. The summed E-state index contributed by atoms with van der Waals surface area (Å²) in [5, 5.41) is 4.36. The Bertz CT molecular complexity index is 661. The van der Waals surface area contributed by atoms with Gasteiger partial charge in [-0.05, 0) is 30.9 Å². The third-order valence-corrected chi connectivity index (χ3v) is 3.92. The molecule has 0 N–H and O–H groups in total. The van der Waals surface area contributed by atoms with Crippen molar-refractivity contribution in [3.05, 3.63) is 42.0 Å². The van der Waals surface area contributed by atoms with E-state index >= 15 is 0 Å². The Morgan fingerprint density at radius 3 is 2.62 bits per heavy atom. The molecule has 21 heavy (non-hydrogen) atoms. The van der Waals surface area contributed by atoms with Crippen molar-refractivity contribution in [1.82, 2.24) is 14.8 Å². The van der Waals surface area contributed by atoms with Gasteiger partial charge >= 0.3 is 5.97 Å². The van der Waals surface area contributed by atoms with Gasteiger partial charge in [-0.25, -0.2) is 14.5 Å². The number of nitrogens with zero attached hydrogens (tertiary/aromatic N) is 3. The van der Waals surface area contributed by atoms with Crippen LogP contribution in [0.1, 0.15) is 49.6 Å². The Balaban J connectivity index is 2.03. The Morgan fingerprint density at radius 2 is 2.05 bits per heavy atom. The van der Waals surface area contributed by atoms with E-state index in [0.717, 1.165) is 17.9 Å². The Kier molecular flexibility index (Phi) is 3.27. The topological polar surface area (TPSA) is 57.0 Å². The molecule has 2 aromatic rings. The summed E-state index contributed by atoms with van der Waals surface area (Å²) in [4.78, 5) is 16.3. The zero-order valence-electron chi connectivity index (χ0n) is 12.5. The Labute approximate surface area is 124 Å². The van der Waals surface area contributed by atoms with Gasteiger partial charge in [0.2, 0.25) is 0 Å². The van der Waals surface area contributed by atoms with Gasteiger partial charge in [-0.2, -0.15) is 0 Å². The van der Waals surface area contributed by atoms with Gasteiger partial charge in [0.05, 0.1) is 12.3 Å². The minimum absolute atomic E-state index is 0.137. The lowest BCUT2D eigenvalue weighted by atomic mass is 10.1. The molecule has 1 aliphatic carbocycles. The van der Waals surface area contributed by atoms with Crippen LogP contribution >= 0.6 is 0 Å². The number of benzene rings is 1. The minimum atomic E-state index is -0.466. The monoisotopic (exact) mass is 285 g/mol. The van der Waals surface area contributed by atoms with E-state index < -0.39 is 5.97 Å². The Morgan fingerprint density at radius 1 is 1.38 bits per heavy atom. The standard InChI is InChI=1S/C16H19N3O2/c1-4-21-15(20)13-17-14(12-10-16(12,2)3)19(18-13)11-8-6-5-7-9-11/h5-9,12H,4,10H2,1-3H3. The average molecular weight is 285 g/mol. The van der Waals surface area contributed by atoms with Crippen LogP contribution in [-0.2, 0) is 4.74 Å². The molecular weight excluding hydrogens is 266 g/mol. The van der Waals surface area contributed by atoms with Crippen LogP contribution in [0.25, 0.3) is 5.69 Å². The fourth-order valence-electron chi connectivity index (χ4n) is 2.50. The van der Waals surface area contributed by atoms with Gasteiger partial charge in [-0.15, -0.1) is 5.10 Å². The summed E-state index contributed by atoms with van der Waals surface area (Å²) in [6.45, 7) is 6.50. The van der Waals surface area contributed by atoms with Crippen molar-refractivity contribution in [2.45, 2.75) is 33.1 Å². The molecule has 3 rings (SSSR count). The summed E-state index contributed by atoms with van der Waals surface area (Å²) in [6, 6.07) is 9.77. The van der Waals surface area contributed by atoms with Crippen LogP contribution in [-0.4, -0.2) is 27.3 Å². The van der Waals surface area contributed by atoms with Crippen LogP contribution in [0.2, 0.25) is 0 Å². The molecule has 0 spiro atoms. The van der Waals surface area contributed by atoms with E-state index in [1.807, 2.05) is 30.3 Å². The largest absolute Gasteiger partial charge is 0.460 e. The molecule has 110 valence electrons. The number of hydrogen-bond acceptors (Lipinski definition) is 4. The quantitative estimate of drug-likeness (QED) is 0.810. The van der Waals surface area contributed by atoms with Gasteiger partial charge in [-0.1, -0.05) is 32.0 Å². The first-order valence-electron chi connectivity index (χ1n) is 7.22. The lowest BCUT2D eigenvalue weighted by molar-refractivity contribution is 0.0512. The van der Waals surface area contributed by atoms with E-state index in [9.17, 15) is 4.79 Å². The maximum atomic E-state index is 11.9. The molecule has 1 saturated carbocycles. The summed E-state index contributed by atoms with van der Waals surface area (Å²) in [5.41, 5.74) is 1.13. The van der Waals surface area contributed by atoms with Crippen molar-refractivity contribution >= 4 is 5.97 Å². The number of carbonyl (C=O) groups excluding carboxylic acids is 1. The van der Waals surface area contributed by atoms with Gasteiger partial charge in [0.15, 0.2) is 0 Å². The van der Waals surface area contributed by atoms with Crippen molar-refractivity contribution in [2.24, 2.45) is 5.41 Å². The molecule has 5 heteroatoms. The summed E-state index contributed by atoms with van der Waals surface area (Å²) in [5.74, 6) is 0.841. The fraction of sp³-hybridized carbons (Fsp3) is 0.438. The molecule has 0 radical (unpaired) electrons. The van der Waals surface area contributed by atoms with Crippen molar-refractivity contribution in [3.8, 4) is 5.69 Å². The number of rotatable bonds is 4. The molecule has 1 aromatic heterocycles. The smallest absolute Gasteiger partial charge is 0.378 e. The average Bonchev–Trinajstić information content (AvgIpc) is 2.92. The highest BCUT2D eigenvalue weighted by Gasteiger charge is 2.50. The molecule has 1 heterocycles. The van der Waals surface area contributed by atoms with Crippen LogP contribution in [0.3, 0.4) is 0 Å². The SMILES string of the molecule is CCOC(=O)c1nc(C2CC2(C)C)n(-c2ccccc2)n1. The molecule has 0 aliphatic heterocycles. The number of hydrogen-bond donors (Lipinski definition) is 0. The minimum Gasteiger partial charge on any atom is -0.460 e. The summed E-state index contributed by atoms with van der Waals surface area (Å²) in [6.07, 6.45) is 1.06. The number of ether oxygens (including phenoxy) is 1. The summed E-state index contributed by atoms with van der Waals surface area (Å²) in [7, 11) is 0. The second kappa shape index (κ2) is 4.98. The van der Waals surface area contributed by atoms with Crippen LogP contribution in [0.5, 0.6) is 0 Å². The third kappa shape index (κ3) is 2.55. The van der Waals surface area contributed by atoms with E-state index in [1.165, 1.54) is 0 Å². The van der Waals surface area contributed by atoms with E-state index in [1.54, 1.807) is 11.6 Å². The first kappa shape index (κ1) is 13.8. The zero-order chi connectivity index (χ0) is 15.0. The maximum Gasteiger partial charge on any atom is 0.378 e. The predicted molar refractivity (Wildman–Crippen MR) is 78.5 cm³/mol. The van der Waals surface area contributed by atoms with Crippen LogP contribution in [0, 0.1) is 5.41 Å². The van der Waals surface area contributed by atoms with Crippen molar-refractivity contribution in [1.29, 1.82) is 0 Å². The van der Waals surface area contributed by atoms with Gasteiger partial charge in [0.25, 0.3) is 5.82 Å². The zero-order valence-corrected chi connectivity index (χ0v) is 12.5. The normalized spacial score (nSPS) is 19.3. The van der Waals surface area contributed by atoms with Gasteiger partial charge in [0.1, 0.15) is 5.82 Å². The predicted octanol–water partition coefficient (Wildman–Crippen LogP) is 2.96. The molecular formula is C16H19N3O2. The van der Waals surface area contributed by atoms with Crippen LogP contribution in [0.4, 0.5) is 0 Å². The second-order valence-electron chi connectivity index (χ2n) is 6.01. The fourth-order valence-corrected chi connectivity index (χ4v) is 2.50. The number of para-hydroxylation sites is 1. The highest BCUT2D eigenvalue weighted by atomic mass is 16.5. The van der Waals surface area contributed by atoms with Crippen molar-refractivity contribution in [2.75, 3.05) is 6.61 Å². The van der Waals surface area contributed by atoms with Crippen LogP contribution < -0.4 is 0 Å². The van der Waals surface area contributed by atoms with Gasteiger partial charge < -0.3 is 4.74 Å². The molecule has 0 amide bonds. The number of esters is 1. The third-order valence-electron chi connectivity index (χ3n) is 3.92. The highest BCUT2D eigenvalue weighted by molar-refractivity contribution is 5.85. The Hall–Kier alpha value is -2.17. The lowest BCUT2D eigenvalue weighted by Crippen LogP contribution is -2.07. The number of aromatic nitrogens is 3. The lowest BCUT2D eigenvalue weighted by Gasteiger charge is -2.06. The highest BCUT2D eigenvalue weighted by Crippen LogP contribution is 2.58. The van der Waals surface area contributed by atoms with Crippen LogP contribution in [0.15, 0.2) is 30.3 Å². The molecule has 1 atom stereocenters. The summed E-state index contributed by atoms with van der Waals surface area (Å²) >= 11 is 0. The first-order chi connectivity index (χ1) is 10.0. The first-order valence-corrected chi connectivity index (χ1v) is 7.22. The molecule has 1 unspecified atom stereocenters. The summed E-state index contributed by atoms with van der Waals surface area (Å²) < 4.78 is 6.78. The maximum absolute atomic E-state index is 11.9. The molecule has 0 saturated heterocycles. The van der Waals surface area contributed by atoms with Crippen molar-refractivity contribution in [3.63, 3.8) is 0 Å². The van der Waals surface area contributed by atoms with Gasteiger partial charge in [0, 0.05) is 5.92 Å². The van der Waals surface area contributed by atoms with E-state index in [-0.39, 0.29) is 11.2 Å². The van der Waals surface area contributed by atoms with Gasteiger partial charge in [-0.3, -0.25) is 0 Å². The molecule has 5 nitrogen and oxygen atoms in total. The van der Waals surface area contributed by atoms with E-state index in [2.05, 4.69) is 23.9 Å². The van der Waals surface area contributed by atoms with Crippen molar-refractivity contribution < 1.29 is 9.53 Å². The van der Waals surface area contributed by atoms with E-state index in [0.29, 0.717) is 12.5 Å². The second-order valence-corrected chi connectivity index (χ2v) is 6.01. The molecule has 1 aromatic carbocycles.